The number of para-hydroxylation sites is 1. The molecule has 0 bridgehead atoms. The van der Waals surface area contributed by atoms with Crippen LogP contribution in [0.3, 0.4) is 0 Å². The van der Waals surface area contributed by atoms with Gasteiger partial charge in [0.2, 0.25) is 0 Å². The highest BCUT2D eigenvalue weighted by Crippen LogP contribution is 2.09. The van der Waals surface area contributed by atoms with Gasteiger partial charge in [0, 0.05) is 12.2 Å². The molecule has 1 amide bonds. The van der Waals surface area contributed by atoms with Gasteiger partial charge in [-0.25, -0.2) is 0 Å². The molecule has 76 valence electrons. The molecule has 1 aromatic rings. The van der Waals surface area contributed by atoms with E-state index in [1.165, 1.54) is 0 Å². The topological polar surface area (TPSA) is 55.1 Å². The molecule has 14 heavy (non-hydrogen) atoms. The highest BCUT2D eigenvalue weighted by Gasteiger charge is 2.06. The third kappa shape index (κ3) is 3.11. The summed E-state index contributed by atoms with van der Waals surface area (Å²) in [6, 6.07) is 6.95. The van der Waals surface area contributed by atoms with Crippen molar-refractivity contribution in [1.29, 1.82) is 0 Å². The van der Waals surface area contributed by atoms with Crippen LogP contribution in [-0.4, -0.2) is 12.5 Å². The van der Waals surface area contributed by atoms with Crippen LogP contribution in [0.15, 0.2) is 36.9 Å². The first-order valence-electron chi connectivity index (χ1n) is 3.99. The Labute approximate surface area is 89.4 Å². The largest absolute Gasteiger partial charge is 0.398 e. The molecule has 0 aliphatic rings. The van der Waals surface area contributed by atoms with Gasteiger partial charge in [0.15, 0.2) is 0 Å². The molecule has 0 fully saturated rings. The maximum Gasteiger partial charge on any atom is 0.253 e. The van der Waals surface area contributed by atoms with Gasteiger partial charge in [-0.3, -0.25) is 4.79 Å². The Morgan fingerprint density at radius 3 is 2.71 bits per heavy atom. The number of nitrogens with two attached hydrogens (primary N) is 1. The van der Waals surface area contributed by atoms with Crippen molar-refractivity contribution in [2.75, 3.05) is 12.3 Å². The number of halogens is 1. The number of benzene rings is 1. The summed E-state index contributed by atoms with van der Waals surface area (Å²) in [5.41, 5.74) is 6.60. The Kier molecular flexibility index (Phi) is 5.41. The summed E-state index contributed by atoms with van der Waals surface area (Å²) in [6.07, 6.45) is 1.62. The average Bonchev–Trinajstić information content (AvgIpc) is 2.15. The fraction of sp³-hybridized carbons (Fsp3) is 0.100. The van der Waals surface area contributed by atoms with E-state index >= 15 is 0 Å². The lowest BCUT2D eigenvalue weighted by Crippen LogP contribution is -2.24. The van der Waals surface area contributed by atoms with E-state index in [0.29, 0.717) is 17.8 Å². The zero-order chi connectivity index (χ0) is 9.68. The van der Waals surface area contributed by atoms with E-state index in [2.05, 4.69) is 11.9 Å². The Morgan fingerprint density at radius 1 is 1.50 bits per heavy atom. The third-order valence-corrected chi connectivity index (χ3v) is 1.61. The molecular formula is C10H13ClN2O. The van der Waals surface area contributed by atoms with Gasteiger partial charge in [-0.2, -0.15) is 0 Å². The SMILES string of the molecule is C=CCNC(=O)c1ccccc1N.Cl. The predicted molar refractivity (Wildman–Crippen MR) is 60.6 cm³/mol. The van der Waals surface area contributed by atoms with E-state index in [4.69, 9.17) is 5.73 Å². The molecule has 0 radical (unpaired) electrons. The molecule has 0 aliphatic heterocycles. The van der Waals surface area contributed by atoms with Crippen molar-refractivity contribution in [3.05, 3.63) is 42.5 Å². The lowest BCUT2D eigenvalue weighted by atomic mass is 10.2. The van der Waals surface area contributed by atoms with Crippen molar-refractivity contribution in [2.24, 2.45) is 0 Å². The Hall–Kier alpha value is -1.48. The Bertz CT molecular complexity index is 326. The number of nitrogen functional groups attached to an aromatic ring is 1. The number of amides is 1. The average molecular weight is 213 g/mol. The summed E-state index contributed by atoms with van der Waals surface area (Å²) in [5.74, 6) is -0.169. The first-order chi connectivity index (χ1) is 6.25. The molecular weight excluding hydrogens is 200 g/mol. The number of carbonyl (C=O) groups excluding carboxylic acids is 1. The molecule has 0 spiro atoms. The van der Waals surface area contributed by atoms with Crippen molar-refractivity contribution in [1.82, 2.24) is 5.32 Å². The maximum absolute atomic E-state index is 11.4. The fourth-order valence-electron chi connectivity index (χ4n) is 0.964. The van der Waals surface area contributed by atoms with Crippen molar-refractivity contribution >= 4 is 24.0 Å². The van der Waals surface area contributed by atoms with Crippen LogP contribution in [0.5, 0.6) is 0 Å². The highest BCUT2D eigenvalue weighted by molar-refractivity contribution is 5.99. The van der Waals surface area contributed by atoms with Crippen LogP contribution in [0.1, 0.15) is 10.4 Å². The van der Waals surface area contributed by atoms with Gasteiger partial charge in [0.05, 0.1) is 5.56 Å². The minimum Gasteiger partial charge on any atom is -0.398 e. The van der Waals surface area contributed by atoms with Crippen molar-refractivity contribution in [3.63, 3.8) is 0 Å². The zero-order valence-electron chi connectivity index (χ0n) is 7.69. The summed E-state index contributed by atoms with van der Waals surface area (Å²) in [4.78, 5) is 11.4. The van der Waals surface area contributed by atoms with Crippen molar-refractivity contribution in [2.45, 2.75) is 0 Å². The second kappa shape index (κ2) is 6.05. The van der Waals surface area contributed by atoms with E-state index < -0.39 is 0 Å². The van der Waals surface area contributed by atoms with Gasteiger partial charge in [0.1, 0.15) is 0 Å². The predicted octanol–water partition coefficient (Wildman–Crippen LogP) is 1.61. The molecule has 3 N–H and O–H groups in total. The molecule has 3 nitrogen and oxygen atoms in total. The lowest BCUT2D eigenvalue weighted by Gasteiger charge is -2.04. The summed E-state index contributed by atoms with van der Waals surface area (Å²) in [5, 5.41) is 2.65. The van der Waals surface area contributed by atoms with Crippen LogP contribution in [0.4, 0.5) is 5.69 Å². The van der Waals surface area contributed by atoms with Crippen LogP contribution in [0.2, 0.25) is 0 Å². The number of hydrogen-bond donors (Lipinski definition) is 2. The zero-order valence-corrected chi connectivity index (χ0v) is 8.51. The van der Waals surface area contributed by atoms with Crippen molar-refractivity contribution < 1.29 is 4.79 Å². The molecule has 0 unspecified atom stereocenters. The first kappa shape index (κ1) is 12.5. The number of rotatable bonds is 3. The number of anilines is 1. The molecule has 0 saturated carbocycles. The van der Waals surface area contributed by atoms with Crippen molar-refractivity contribution in [3.8, 4) is 0 Å². The minimum atomic E-state index is -0.169. The Balaban J connectivity index is 0.00000169. The molecule has 0 aromatic heterocycles. The van der Waals surface area contributed by atoms with E-state index in [1.807, 2.05) is 0 Å². The van der Waals surface area contributed by atoms with Gasteiger partial charge in [-0.1, -0.05) is 18.2 Å². The van der Waals surface area contributed by atoms with Crippen LogP contribution in [-0.2, 0) is 0 Å². The monoisotopic (exact) mass is 212 g/mol. The van der Waals surface area contributed by atoms with Crippen LogP contribution < -0.4 is 11.1 Å². The van der Waals surface area contributed by atoms with Gasteiger partial charge in [-0.05, 0) is 12.1 Å². The second-order valence-corrected chi connectivity index (χ2v) is 2.59. The number of nitrogens with one attached hydrogen (secondary N) is 1. The smallest absolute Gasteiger partial charge is 0.253 e. The second-order valence-electron chi connectivity index (χ2n) is 2.59. The van der Waals surface area contributed by atoms with Gasteiger partial charge >= 0.3 is 0 Å². The van der Waals surface area contributed by atoms with Crippen LogP contribution >= 0.6 is 12.4 Å². The molecule has 0 saturated heterocycles. The van der Waals surface area contributed by atoms with E-state index in [0.717, 1.165) is 0 Å². The minimum absolute atomic E-state index is 0. The molecule has 1 aromatic carbocycles. The Morgan fingerprint density at radius 2 is 2.14 bits per heavy atom. The molecule has 0 heterocycles. The summed E-state index contributed by atoms with van der Waals surface area (Å²) in [6.45, 7) is 3.95. The number of carbonyl (C=O) groups is 1. The lowest BCUT2D eigenvalue weighted by molar-refractivity contribution is 0.0959. The number of hydrogen-bond acceptors (Lipinski definition) is 2. The van der Waals surface area contributed by atoms with Crippen LogP contribution in [0, 0.1) is 0 Å². The fourth-order valence-corrected chi connectivity index (χ4v) is 0.964. The summed E-state index contributed by atoms with van der Waals surface area (Å²) >= 11 is 0. The highest BCUT2D eigenvalue weighted by atomic mass is 35.5. The van der Waals surface area contributed by atoms with Gasteiger partial charge in [0.25, 0.3) is 5.91 Å². The molecule has 0 aliphatic carbocycles. The van der Waals surface area contributed by atoms with Crippen LogP contribution in [0.25, 0.3) is 0 Å². The molecule has 0 atom stereocenters. The molecule has 4 heteroatoms. The third-order valence-electron chi connectivity index (χ3n) is 1.61. The first-order valence-corrected chi connectivity index (χ1v) is 3.99. The van der Waals surface area contributed by atoms with Gasteiger partial charge < -0.3 is 11.1 Å². The quantitative estimate of drug-likeness (QED) is 0.591. The summed E-state index contributed by atoms with van der Waals surface area (Å²) in [7, 11) is 0. The van der Waals surface area contributed by atoms with Gasteiger partial charge in [-0.15, -0.1) is 19.0 Å². The van der Waals surface area contributed by atoms with E-state index in [9.17, 15) is 4.79 Å². The van der Waals surface area contributed by atoms with E-state index in [1.54, 1.807) is 30.3 Å². The molecule has 1 rings (SSSR count). The maximum atomic E-state index is 11.4. The standard InChI is InChI=1S/C10H12N2O.ClH/c1-2-7-12-10(13)8-5-3-4-6-9(8)11;/h2-6H,1,7,11H2,(H,12,13);1H. The summed E-state index contributed by atoms with van der Waals surface area (Å²) < 4.78 is 0. The normalized spacial score (nSPS) is 8.57. The van der Waals surface area contributed by atoms with E-state index in [-0.39, 0.29) is 18.3 Å².